The maximum absolute atomic E-state index is 13.1. The topological polar surface area (TPSA) is 105 Å². The third-order valence-electron chi connectivity index (χ3n) is 5.54. The van der Waals surface area contributed by atoms with Crippen molar-refractivity contribution >= 4 is 33.2 Å². The molecule has 10 heteroatoms. The maximum Gasteiger partial charge on any atom is 0.243 e. The largest absolute Gasteiger partial charge is 0.339 e. The van der Waals surface area contributed by atoms with Crippen molar-refractivity contribution in [2.24, 2.45) is 0 Å². The van der Waals surface area contributed by atoms with Gasteiger partial charge in [-0.15, -0.1) is 0 Å². The smallest absolute Gasteiger partial charge is 0.243 e. The van der Waals surface area contributed by atoms with E-state index in [1.807, 2.05) is 0 Å². The molecule has 2 aromatic carbocycles. The summed E-state index contributed by atoms with van der Waals surface area (Å²) < 4.78 is 32.9. The van der Waals surface area contributed by atoms with Crippen LogP contribution in [0.2, 0.25) is 5.02 Å². The number of aryl methyl sites for hydroxylation is 2. The molecule has 0 unspecified atom stereocenters. The number of carbonyl (C=O) groups excluding carboxylic acids is 1. The highest BCUT2D eigenvalue weighted by atomic mass is 35.5. The number of hydrogen-bond donors (Lipinski definition) is 1. The molecular weight excluding hydrogens is 464 g/mol. The lowest BCUT2D eigenvalue weighted by atomic mass is 10.2. The van der Waals surface area contributed by atoms with E-state index in [0.717, 1.165) is 24.8 Å². The highest BCUT2D eigenvalue weighted by Gasteiger charge is 2.27. The van der Waals surface area contributed by atoms with Crippen molar-refractivity contribution in [3.63, 3.8) is 0 Å². The average molecular weight is 489 g/mol. The van der Waals surface area contributed by atoms with Crippen LogP contribution in [0.3, 0.4) is 0 Å². The summed E-state index contributed by atoms with van der Waals surface area (Å²) in [5.74, 6) is 0.493. The van der Waals surface area contributed by atoms with Crippen LogP contribution >= 0.6 is 11.6 Å². The second-order valence-corrected chi connectivity index (χ2v) is 10.4. The van der Waals surface area contributed by atoms with Crippen LogP contribution in [0.25, 0.3) is 11.4 Å². The van der Waals surface area contributed by atoms with Crippen molar-refractivity contribution in [1.82, 2.24) is 14.4 Å². The zero-order chi connectivity index (χ0) is 23.4. The predicted octanol–water partition coefficient (Wildman–Crippen LogP) is 4.44. The number of hydrogen-bond acceptors (Lipinski definition) is 6. The molecule has 1 N–H and O–H groups in total. The zero-order valence-corrected chi connectivity index (χ0v) is 19.8. The van der Waals surface area contributed by atoms with Crippen molar-refractivity contribution in [3.05, 3.63) is 58.9 Å². The molecule has 2 heterocycles. The van der Waals surface area contributed by atoms with Crippen LogP contribution in [0.5, 0.6) is 0 Å². The first kappa shape index (κ1) is 23.4. The Morgan fingerprint density at radius 2 is 1.85 bits per heavy atom. The zero-order valence-electron chi connectivity index (χ0n) is 18.3. The third kappa shape index (κ3) is 5.61. The number of piperidine rings is 1. The first-order valence-electron chi connectivity index (χ1n) is 10.8. The van der Waals surface area contributed by atoms with Gasteiger partial charge in [0.1, 0.15) is 0 Å². The summed E-state index contributed by atoms with van der Waals surface area (Å²) in [6.45, 7) is 2.82. The van der Waals surface area contributed by atoms with Crippen LogP contribution in [0, 0.1) is 6.92 Å². The number of carbonyl (C=O) groups is 1. The third-order valence-corrected chi connectivity index (χ3v) is 7.83. The van der Waals surface area contributed by atoms with E-state index in [0.29, 0.717) is 41.1 Å². The van der Waals surface area contributed by atoms with Crippen LogP contribution in [0.15, 0.2) is 51.9 Å². The number of sulfonamides is 1. The minimum Gasteiger partial charge on any atom is -0.339 e. The summed E-state index contributed by atoms with van der Waals surface area (Å²) in [4.78, 5) is 17.0. The van der Waals surface area contributed by atoms with Gasteiger partial charge in [-0.3, -0.25) is 4.79 Å². The van der Waals surface area contributed by atoms with Gasteiger partial charge in [0.05, 0.1) is 4.90 Å². The van der Waals surface area contributed by atoms with Crippen molar-refractivity contribution in [2.45, 2.75) is 43.9 Å². The molecule has 0 atom stereocenters. The van der Waals surface area contributed by atoms with E-state index in [9.17, 15) is 13.2 Å². The van der Waals surface area contributed by atoms with Gasteiger partial charge in [-0.2, -0.15) is 9.29 Å². The molecule has 0 spiro atoms. The number of nitrogens with one attached hydrogen (secondary N) is 1. The lowest BCUT2D eigenvalue weighted by Gasteiger charge is -2.26. The summed E-state index contributed by atoms with van der Waals surface area (Å²) in [5.41, 5.74) is 1.86. The van der Waals surface area contributed by atoms with Crippen LogP contribution in [-0.2, 0) is 21.2 Å². The molecule has 33 heavy (non-hydrogen) atoms. The molecule has 0 bridgehead atoms. The Morgan fingerprint density at radius 3 is 2.58 bits per heavy atom. The number of amides is 1. The van der Waals surface area contributed by atoms with Crippen molar-refractivity contribution in [2.75, 3.05) is 18.4 Å². The van der Waals surface area contributed by atoms with Crippen molar-refractivity contribution < 1.29 is 17.7 Å². The monoisotopic (exact) mass is 488 g/mol. The Kier molecular flexibility index (Phi) is 7.11. The molecule has 4 rings (SSSR count). The Labute approximate surface area is 198 Å². The minimum atomic E-state index is -3.59. The van der Waals surface area contributed by atoms with E-state index in [1.54, 1.807) is 43.3 Å². The highest BCUT2D eigenvalue weighted by molar-refractivity contribution is 7.89. The normalized spacial score (nSPS) is 14.8. The SMILES string of the molecule is Cc1ccc(NC(=O)CCc2nc(-c3ccc(Cl)cc3)no2)cc1S(=O)(=O)N1CCCCC1. The molecule has 3 aromatic rings. The Hall–Kier alpha value is -2.75. The first-order valence-corrected chi connectivity index (χ1v) is 12.6. The average Bonchev–Trinajstić information content (AvgIpc) is 3.29. The molecule has 174 valence electrons. The van der Waals surface area contributed by atoms with Crippen LogP contribution in [0.1, 0.15) is 37.1 Å². The number of halogens is 1. The van der Waals surface area contributed by atoms with Gasteiger partial charge in [-0.25, -0.2) is 8.42 Å². The van der Waals surface area contributed by atoms with E-state index >= 15 is 0 Å². The maximum atomic E-state index is 13.1. The van der Waals surface area contributed by atoms with Crippen LogP contribution < -0.4 is 5.32 Å². The van der Waals surface area contributed by atoms with Crippen LogP contribution in [-0.4, -0.2) is 41.9 Å². The summed E-state index contributed by atoms with van der Waals surface area (Å²) >= 11 is 5.89. The van der Waals surface area contributed by atoms with Gasteiger partial charge < -0.3 is 9.84 Å². The highest BCUT2D eigenvalue weighted by Crippen LogP contribution is 2.26. The number of aromatic nitrogens is 2. The van der Waals surface area contributed by atoms with Gasteiger partial charge in [0, 0.05) is 42.2 Å². The molecule has 0 radical (unpaired) electrons. The van der Waals surface area contributed by atoms with E-state index < -0.39 is 10.0 Å². The molecule has 0 saturated carbocycles. The number of anilines is 1. The van der Waals surface area contributed by atoms with Gasteiger partial charge in [0.2, 0.25) is 27.6 Å². The fraction of sp³-hybridized carbons (Fsp3) is 0.348. The Bertz CT molecular complexity index is 1240. The Morgan fingerprint density at radius 1 is 1.12 bits per heavy atom. The molecule has 1 aliphatic rings. The van der Waals surface area contributed by atoms with E-state index in [4.69, 9.17) is 16.1 Å². The fourth-order valence-corrected chi connectivity index (χ4v) is 5.61. The molecule has 1 amide bonds. The molecule has 1 aliphatic heterocycles. The number of rotatable bonds is 7. The molecule has 1 saturated heterocycles. The van der Waals surface area contributed by atoms with Gasteiger partial charge >= 0.3 is 0 Å². The Balaban J connectivity index is 1.39. The molecular formula is C23H25ClN4O4S. The van der Waals surface area contributed by atoms with Gasteiger partial charge in [0.15, 0.2) is 0 Å². The van der Waals surface area contributed by atoms with Gasteiger partial charge in [0.25, 0.3) is 0 Å². The van der Waals surface area contributed by atoms with E-state index in [-0.39, 0.29) is 23.6 Å². The van der Waals surface area contributed by atoms with Gasteiger partial charge in [-0.1, -0.05) is 29.2 Å². The number of benzene rings is 2. The summed E-state index contributed by atoms with van der Waals surface area (Å²) in [6.07, 6.45) is 3.15. The van der Waals surface area contributed by atoms with E-state index in [1.165, 1.54) is 10.4 Å². The standard InChI is InChI=1S/C23H25ClN4O4S/c1-16-5-10-19(15-20(16)33(30,31)28-13-3-2-4-14-28)25-21(29)11-12-22-26-23(27-32-22)17-6-8-18(24)9-7-17/h5-10,15H,2-4,11-14H2,1H3,(H,25,29). The second-order valence-electron chi connectivity index (χ2n) is 8.01. The summed E-state index contributed by atoms with van der Waals surface area (Å²) in [5, 5.41) is 7.32. The van der Waals surface area contributed by atoms with Crippen molar-refractivity contribution in [1.29, 1.82) is 0 Å². The number of nitrogens with zero attached hydrogens (tertiary/aromatic N) is 3. The summed E-state index contributed by atoms with van der Waals surface area (Å²) in [6, 6.07) is 12.0. The first-order chi connectivity index (χ1) is 15.8. The van der Waals surface area contributed by atoms with Crippen LogP contribution in [0.4, 0.5) is 5.69 Å². The van der Waals surface area contributed by atoms with Gasteiger partial charge in [-0.05, 0) is 61.7 Å². The second kappa shape index (κ2) is 10.0. The fourth-order valence-electron chi connectivity index (χ4n) is 3.72. The minimum absolute atomic E-state index is 0.115. The predicted molar refractivity (Wildman–Crippen MR) is 125 cm³/mol. The molecule has 8 nitrogen and oxygen atoms in total. The molecule has 1 aromatic heterocycles. The molecule has 1 fully saturated rings. The van der Waals surface area contributed by atoms with Crippen molar-refractivity contribution in [3.8, 4) is 11.4 Å². The molecule has 0 aliphatic carbocycles. The lowest BCUT2D eigenvalue weighted by molar-refractivity contribution is -0.116. The lowest BCUT2D eigenvalue weighted by Crippen LogP contribution is -2.36. The summed E-state index contributed by atoms with van der Waals surface area (Å²) in [7, 11) is -3.59. The quantitative estimate of drug-likeness (QED) is 0.527. The van der Waals surface area contributed by atoms with E-state index in [2.05, 4.69) is 15.5 Å².